The van der Waals surface area contributed by atoms with Gasteiger partial charge in [-0.2, -0.15) is 0 Å². The van der Waals surface area contributed by atoms with Gasteiger partial charge in [0.2, 0.25) is 11.4 Å². The first-order valence-electron chi connectivity index (χ1n) is 12.8. The van der Waals surface area contributed by atoms with Crippen molar-refractivity contribution in [2.75, 3.05) is 0 Å². The van der Waals surface area contributed by atoms with E-state index in [1.54, 1.807) is 0 Å². The molecule has 0 aromatic heterocycles. The molecule has 1 aliphatic heterocycles. The Morgan fingerprint density at radius 3 is 1.94 bits per heavy atom. The molecule has 170 valence electrons. The van der Waals surface area contributed by atoms with Crippen LogP contribution in [-0.2, 0) is 12.8 Å². The molecule has 2 aromatic rings. The first-order chi connectivity index (χ1) is 15.7. The largest absolute Gasteiger partial charge is 0.493 e. The van der Waals surface area contributed by atoms with E-state index in [4.69, 9.17) is 0 Å². The third kappa shape index (κ3) is 6.28. The Morgan fingerprint density at radius 1 is 0.656 bits per heavy atom. The maximum atomic E-state index is 11.3. The molecule has 2 heteroatoms. The van der Waals surface area contributed by atoms with E-state index in [0.29, 0.717) is 0 Å². The predicted molar refractivity (Wildman–Crippen MR) is 137 cm³/mol. The molecule has 1 aliphatic rings. The molecule has 0 bridgehead atoms. The summed E-state index contributed by atoms with van der Waals surface area (Å²) in [6.07, 6.45) is 15.2. The van der Waals surface area contributed by atoms with Gasteiger partial charge in [0, 0.05) is 22.8 Å². The molecule has 0 amide bonds. The van der Waals surface area contributed by atoms with Crippen LogP contribution in [0.2, 0.25) is 0 Å². The Labute approximate surface area is 195 Å². The summed E-state index contributed by atoms with van der Waals surface area (Å²) in [6, 6.07) is 17.5. The maximum absolute atomic E-state index is 11.3. The molecule has 0 aliphatic carbocycles. The monoisotopic (exact) mass is 428 g/mol. The fraction of sp³-hybridized carbons (Fsp3) is 0.467. The summed E-state index contributed by atoms with van der Waals surface area (Å²) >= 11 is 0. The third-order valence-electron chi connectivity index (χ3n) is 6.42. The topological polar surface area (TPSA) is 25.3 Å². The Morgan fingerprint density at radius 2 is 1.25 bits per heavy atom. The number of rotatable bonds is 13. The van der Waals surface area contributed by atoms with E-state index in [-0.39, 0.29) is 0 Å². The minimum absolute atomic E-state index is 0.903. The molecule has 0 radical (unpaired) electrons. The Kier molecular flexibility index (Phi) is 9.46. The summed E-state index contributed by atoms with van der Waals surface area (Å²) in [5.41, 5.74) is 19.4. The van der Waals surface area contributed by atoms with Crippen molar-refractivity contribution in [2.45, 2.75) is 91.4 Å². The number of aryl methyl sites for hydroxylation is 2. The summed E-state index contributed by atoms with van der Waals surface area (Å²) in [4.78, 5) is 0. The highest BCUT2D eigenvalue weighted by Gasteiger charge is 2.28. The second-order valence-corrected chi connectivity index (χ2v) is 9.13. The van der Waals surface area contributed by atoms with Gasteiger partial charge in [0.1, 0.15) is 0 Å². The molecule has 0 saturated carbocycles. The number of benzene rings is 2. The van der Waals surface area contributed by atoms with E-state index in [2.05, 4.69) is 75.4 Å². The smallest absolute Gasteiger partial charge is 0.210 e. The number of hydrogen-bond donors (Lipinski definition) is 0. The zero-order valence-corrected chi connectivity index (χ0v) is 20.4. The Bertz CT molecular complexity index is 964. The van der Waals surface area contributed by atoms with E-state index in [9.17, 15) is 5.53 Å². The van der Waals surface area contributed by atoms with Crippen LogP contribution in [0.3, 0.4) is 0 Å². The quantitative estimate of drug-likeness (QED) is 0.224. The van der Waals surface area contributed by atoms with Crippen LogP contribution < -0.4 is 0 Å². The molecule has 1 heterocycles. The van der Waals surface area contributed by atoms with Crippen LogP contribution in [0.25, 0.3) is 16.9 Å². The van der Waals surface area contributed by atoms with Crippen molar-refractivity contribution in [1.82, 2.24) is 0 Å². The molecular formula is C30H40N2. The van der Waals surface area contributed by atoms with E-state index in [1.807, 2.05) is 0 Å². The Hall–Kier alpha value is -2.48. The van der Waals surface area contributed by atoms with Crippen molar-refractivity contribution in [1.29, 1.82) is 0 Å². The van der Waals surface area contributed by atoms with Crippen molar-refractivity contribution in [3.8, 4) is 0 Å². The van der Waals surface area contributed by atoms with E-state index < -0.39 is 0 Å². The minimum Gasteiger partial charge on any atom is -0.493 e. The number of allylic oxidation sites excluding steroid dienone is 2. The van der Waals surface area contributed by atoms with E-state index in [1.165, 1.54) is 59.9 Å². The minimum atomic E-state index is 0.903. The molecule has 0 unspecified atom stereocenters. The van der Waals surface area contributed by atoms with Gasteiger partial charge in [-0.15, -0.1) is 0 Å². The standard InChI is InChI=1S/C30H40N2/c1-4-7-10-11-15-25-16-12-19-26(21-25)29-23-28(18-9-6-3)30(32(29)31)27-20-13-17-24(22-27)14-8-5-2/h12-13,16-17,19-23H,4-11,14-15,18H2,1-3H3. The van der Waals surface area contributed by atoms with E-state index in [0.717, 1.165) is 54.6 Å². The van der Waals surface area contributed by atoms with Crippen molar-refractivity contribution < 1.29 is 4.70 Å². The molecular weight excluding hydrogens is 388 g/mol. The van der Waals surface area contributed by atoms with Crippen LogP contribution in [0.5, 0.6) is 0 Å². The molecule has 0 atom stereocenters. The highest BCUT2D eigenvalue weighted by Crippen LogP contribution is 2.37. The molecule has 32 heavy (non-hydrogen) atoms. The first kappa shape index (κ1) is 24.2. The molecule has 0 N–H and O–H groups in total. The van der Waals surface area contributed by atoms with Crippen molar-refractivity contribution in [3.05, 3.63) is 88.0 Å². The highest BCUT2D eigenvalue weighted by molar-refractivity contribution is 5.78. The van der Waals surface area contributed by atoms with Gasteiger partial charge in [-0.05, 0) is 73.9 Å². The van der Waals surface area contributed by atoms with Gasteiger partial charge in [0.05, 0.1) is 0 Å². The van der Waals surface area contributed by atoms with Crippen molar-refractivity contribution in [2.24, 2.45) is 0 Å². The van der Waals surface area contributed by atoms with Gasteiger partial charge in [-0.3, -0.25) is 0 Å². The fourth-order valence-corrected chi connectivity index (χ4v) is 4.52. The van der Waals surface area contributed by atoms with Crippen LogP contribution in [0.1, 0.15) is 101 Å². The van der Waals surface area contributed by atoms with E-state index >= 15 is 0 Å². The normalized spacial score (nSPS) is 13.7. The third-order valence-corrected chi connectivity index (χ3v) is 6.42. The Balaban J connectivity index is 1.86. The van der Waals surface area contributed by atoms with Crippen LogP contribution in [0.15, 0.2) is 60.2 Å². The lowest BCUT2D eigenvalue weighted by Crippen LogP contribution is -2.03. The zero-order chi connectivity index (χ0) is 22.8. The van der Waals surface area contributed by atoms with Crippen LogP contribution in [0, 0.1) is 0 Å². The van der Waals surface area contributed by atoms with Gasteiger partial charge >= 0.3 is 0 Å². The van der Waals surface area contributed by atoms with Gasteiger partial charge in [0.15, 0.2) is 0 Å². The van der Waals surface area contributed by atoms with Gasteiger partial charge in [0.25, 0.3) is 0 Å². The SMILES string of the molecule is CCCCCCc1cccc(C2=CC(CCCC)=C(c3cccc(CCCC)c3)[N+]2=[N-])c1. The summed E-state index contributed by atoms with van der Waals surface area (Å²) in [7, 11) is 0. The first-order valence-corrected chi connectivity index (χ1v) is 12.8. The molecule has 0 spiro atoms. The lowest BCUT2D eigenvalue weighted by atomic mass is 9.99. The summed E-state index contributed by atoms with van der Waals surface area (Å²) in [6.45, 7) is 6.71. The van der Waals surface area contributed by atoms with Crippen molar-refractivity contribution in [3.63, 3.8) is 0 Å². The lowest BCUT2D eigenvalue weighted by molar-refractivity contribution is -0.344. The fourth-order valence-electron chi connectivity index (χ4n) is 4.52. The molecule has 0 saturated heterocycles. The second-order valence-electron chi connectivity index (χ2n) is 9.13. The molecule has 2 aromatic carbocycles. The van der Waals surface area contributed by atoms with Gasteiger partial charge in [-0.1, -0.05) is 77.1 Å². The van der Waals surface area contributed by atoms with Crippen molar-refractivity contribution >= 4 is 11.4 Å². The van der Waals surface area contributed by atoms with Crippen LogP contribution >= 0.6 is 0 Å². The number of unbranched alkanes of at least 4 members (excludes halogenated alkanes) is 5. The van der Waals surface area contributed by atoms with Gasteiger partial charge in [-0.25, -0.2) is 4.70 Å². The molecule has 0 fully saturated rings. The number of hydrogen-bond acceptors (Lipinski definition) is 0. The average molecular weight is 429 g/mol. The zero-order valence-electron chi connectivity index (χ0n) is 20.4. The van der Waals surface area contributed by atoms with Gasteiger partial charge < -0.3 is 5.53 Å². The average Bonchev–Trinajstić information content (AvgIpc) is 3.15. The van der Waals surface area contributed by atoms with Crippen LogP contribution in [-0.4, -0.2) is 4.70 Å². The number of nitrogens with zero attached hydrogens (tertiary/aromatic N) is 2. The lowest BCUT2D eigenvalue weighted by Gasteiger charge is -2.11. The predicted octanol–water partition coefficient (Wildman–Crippen LogP) is 9.14. The molecule has 2 nitrogen and oxygen atoms in total. The maximum Gasteiger partial charge on any atom is 0.210 e. The summed E-state index contributed by atoms with van der Waals surface area (Å²) in [5, 5.41) is 0. The summed E-state index contributed by atoms with van der Waals surface area (Å²) < 4.78 is 1.44. The molecule has 3 rings (SSSR count). The second kappa shape index (κ2) is 12.5. The van der Waals surface area contributed by atoms with Crippen LogP contribution in [0.4, 0.5) is 0 Å². The summed E-state index contributed by atoms with van der Waals surface area (Å²) in [5.74, 6) is 0. The highest BCUT2D eigenvalue weighted by atomic mass is 15.2.